The molecule has 2 aliphatic rings. The molecule has 1 aliphatic heterocycles. The standard InChI is InChI=1S/C18H13NO/c20-18-9-6-13-5-8-16-14-3-1-2-12(14)4-7-17(16)15(13)10-11-19-18/h1-5,7-8,10-11H,6,9H2/b15-10+,19-11?. The lowest BCUT2D eigenvalue weighted by atomic mass is 9.97. The topological polar surface area (TPSA) is 29.4 Å². The molecule has 0 fully saturated rings. The van der Waals surface area contributed by atoms with Gasteiger partial charge in [-0.3, -0.25) is 4.79 Å². The van der Waals surface area contributed by atoms with Crippen molar-refractivity contribution in [2.24, 2.45) is 4.99 Å². The minimum Gasteiger partial charge on any atom is -0.273 e. The molecule has 2 aromatic carbocycles. The van der Waals surface area contributed by atoms with Crippen molar-refractivity contribution in [1.29, 1.82) is 0 Å². The van der Waals surface area contributed by atoms with Gasteiger partial charge >= 0.3 is 0 Å². The molecule has 0 saturated carbocycles. The summed E-state index contributed by atoms with van der Waals surface area (Å²) in [6.45, 7) is 0. The summed E-state index contributed by atoms with van der Waals surface area (Å²) in [5.74, 6) is -0.0431. The fraction of sp³-hybridized carbons (Fsp3) is 0.111. The number of allylic oxidation sites excluding steroid dienone is 1. The smallest absolute Gasteiger partial charge is 0.245 e. The first-order valence-electron chi connectivity index (χ1n) is 6.83. The molecule has 0 bridgehead atoms. The molecule has 0 spiro atoms. The summed E-state index contributed by atoms with van der Waals surface area (Å²) in [5, 5.41) is 4.99. The van der Waals surface area contributed by atoms with Gasteiger partial charge in [0.25, 0.3) is 0 Å². The first-order valence-corrected chi connectivity index (χ1v) is 6.83. The van der Waals surface area contributed by atoms with E-state index in [9.17, 15) is 4.79 Å². The third-order valence-electron chi connectivity index (χ3n) is 4.01. The van der Waals surface area contributed by atoms with Gasteiger partial charge < -0.3 is 0 Å². The van der Waals surface area contributed by atoms with Crippen molar-refractivity contribution in [3.05, 3.63) is 51.9 Å². The molecule has 96 valence electrons. The lowest BCUT2D eigenvalue weighted by Gasteiger charge is -2.08. The van der Waals surface area contributed by atoms with Crippen LogP contribution in [0.1, 0.15) is 17.5 Å². The minimum absolute atomic E-state index is 0.0431. The molecule has 0 saturated heterocycles. The summed E-state index contributed by atoms with van der Waals surface area (Å²) in [4.78, 5) is 15.4. The number of aliphatic imine (C=N–C) groups is 1. The van der Waals surface area contributed by atoms with E-state index < -0.39 is 0 Å². The number of carbonyl (C=O) groups is 1. The van der Waals surface area contributed by atoms with Crippen LogP contribution in [0.25, 0.3) is 29.0 Å². The van der Waals surface area contributed by atoms with Crippen LogP contribution in [0.4, 0.5) is 0 Å². The van der Waals surface area contributed by atoms with Gasteiger partial charge in [0, 0.05) is 12.6 Å². The van der Waals surface area contributed by atoms with Gasteiger partial charge in [-0.15, -0.1) is 0 Å². The summed E-state index contributed by atoms with van der Waals surface area (Å²) in [5.41, 5.74) is 2.50. The number of nitrogens with zero attached hydrogens (tertiary/aromatic N) is 1. The van der Waals surface area contributed by atoms with Crippen molar-refractivity contribution < 1.29 is 4.79 Å². The van der Waals surface area contributed by atoms with Crippen LogP contribution >= 0.6 is 0 Å². The second kappa shape index (κ2) is 4.27. The molecule has 0 atom stereocenters. The van der Waals surface area contributed by atoms with Crippen molar-refractivity contribution in [1.82, 2.24) is 0 Å². The van der Waals surface area contributed by atoms with Gasteiger partial charge in [0.05, 0.1) is 0 Å². The maximum atomic E-state index is 11.4. The Morgan fingerprint density at radius 2 is 1.75 bits per heavy atom. The molecular weight excluding hydrogens is 246 g/mol. The number of carbonyl (C=O) groups excluding carboxylic acids is 1. The third kappa shape index (κ3) is 1.65. The third-order valence-corrected chi connectivity index (χ3v) is 4.01. The van der Waals surface area contributed by atoms with E-state index in [1.165, 1.54) is 32.3 Å². The zero-order valence-electron chi connectivity index (χ0n) is 11.0. The van der Waals surface area contributed by atoms with Crippen molar-refractivity contribution in [3.8, 4) is 0 Å². The molecule has 0 radical (unpaired) electrons. The maximum Gasteiger partial charge on any atom is 0.245 e. The zero-order chi connectivity index (χ0) is 13.5. The molecule has 2 aromatic rings. The Morgan fingerprint density at radius 3 is 2.70 bits per heavy atom. The zero-order valence-corrected chi connectivity index (χ0v) is 11.0. The molecule has 2 nitrogen and oxygen atoms in total. The van der Waals surface area contributed by atoms with E-state index >= 15 is 0 Å². The van der Waals surface area contributed by atoms with Gasteiger partial charge in [0.2, 0.25) is 5.91 Å². The normalized spacial score (nSPS) is 17.8. The summed E-state index contributed by atoms with van der Waals surface area (Å²) < 4.78 is 0. The Morgan fingerprint density at radius 1 is 0.900 bits per heavy atom. The van der Waals surface area contributed by atoms with Gasteiger partial charge in [0.15, 0.2) is 0 Å². The second-order valence-electron chi connectivity index (χ2n) is 5.17. The molecule has 20 heavy (non-hydrogen) atoms. The molecule has 1 aliphatic carbocycles. The molecule has 1 heterocycles. The fourth-order valence-corrected chi connectivity index (χ4v) is 3.01. The van der Waals surface area contributed by atoms with Gasteiger partial charge in [-0.1, -0.05) is 42.5 Å². The SMILES string of the molecule is O=C1CCc2ccc3c4c(ccc3/c2=C/C=N1)C=CC=4. The number of aryl methyl sites for hydroxylation is 1. The first kappa shape index (κ1) is 11.4. The highest BCUT2D eigenvalue weighted by molar-refractivity contribution is 6.02. The van der Waals surface area contributed by atoms with E-state index in [2.05, 4.69) is 47.5 Å². The number of hydrogen-bond donors (Lipinski definition) is 0. The number of amides is 1. The van der Waals surface area contributed by atoms with Crippen LogP contribution in [0.2, 0.25) is 0 Å². The summed E-state index contributed by atoms with van der Waals surface area (Å²) >= 11 is 0. The van der Waals surface area contributed by atoms with Crippen LogP contribution in [0.3, 0.4) is 0 Å². The molecule has 0 aromatic heterocycles. The van der Waals surface area contributed by atoms with Gasteiger partial charge in [0.1, 0.15) is 0 Å². The Balaban J connectivity index is 2.11. The van der Waals surface area contributed by atoms with E-state index in [1.54, 1.807) is 6.21 Å². The summed E-state index contributed by atoms with van der Waals surface area (Å²) in [6.07, 6.45) is 11.2. The molecular formula is C18H13NO. The maximum absolute atomic E-state index is 11.4. The Labute approximate surface area is 116 Å². The van der Waals surface area contributed by atoms with Crippen molar-refractivity contribution in [2.45, 2.75) is 12.8 Å². The molecule has 0 N–H and O–H groups in total. The van der Waals surface area contributed by atoms with E-state index in [1.807, 2.05) is 6.08 Å². The van der Waals surface area contributed by atoms with Gasteiger partial charge in [-0.25, -0.2) is 4.99 Å². The van der Waals surface area contributed by atoms with Crippen LogP contribution in [0.15, 0.2) is 35.3 Å². The van der Waals surface area contributed by atoms with E-state index in [0.717, 1.165) is 6.42 Å². The van der Waals surface area contributed by atoms with Crippen LogP contribution in [0, 0.1) is 0 Å². The van der Waals surface area contributed by atoms with E-state index in [0.29, 0.717) is 6.42 Å². The summed E-state index contributed by atoms with van der Waals surface area (Å²) in [6, 6.07) is 8.65. The van der Waals surface area contributed by atoms with E-state index in [4.69, 9.17) is 0 Å². The van der Waals surface area contributed by atoms with Gasteiger partial charge in [-0.2, -0.15) is 0 Å². The molecule has 1 amide bonds. The highest BCUT2D eigenvalue weighted by atomic mass is 16.1. The van der Waals surface area contributed by atoms with Crippen LogP contribution in [0.5, 0.6) is 0 Å². The van der Waals surface area contributed by atoms with Gasteiger partial charge in [-0.05, 0) is 44.8 Å². The predicted octanol–water partition coefficient (Wildman–Crippen LogP) is 1.97. The number of fused-ring (bicyclic) bond motifs is 5. The lowest BCUT2D eigenvalue weighted by Crippen LogP contribution is -2.17. The number of rotatable bonds is 0. The predicted molar refractivity (Wildman–Crippen MR) is 83.0 cm³/mol. The van der Waals surface area contributed by atoms with Crippen molar-refractivity contribution in [2.75, 3.05) is 0 Å². The fourth-order valence-electron chi connectivity index (χ4n) is 3.01. The molecule has 2 heteroatoms. The number of hydrogen-bond acceptors (Lipinski definition) is 1. The molecule has 0 unspecified atom stereocenters. The molecule has 4 rings (SSSR count). The van der Waals surface area contributed by atoms with Crippen LogP contribution in [-0.2, 0) is 11.2 Å². The average molecular weight is 259 g/mol. The summed E-state index contributed by atoms with van der Waals surface area (Å²) in [7, 11) is 0. The minimum atomic E-state index is -0.0431. The van der Waals surface area contributed by atoms with Crippen LogP contribution < -0.4 is 10.4 Å². The Bertz CT molecular complexity index is 917. The quantitative estimate of drug-likeness (QED) is 0.711. The highest BCUT2D eigenvalue weighted by Gasteiger charge is 2.09. The van der Waals surface area contributed by atoms with Crippen molar-refractivity contribution >= 4 is 41.1 Å². The first-order chi connectivity index (χ1) is 9.83. The Kier molecular flexibility index (Phi) is 2.43. The Hall–Kier alpha value is -2.48. The van der Waals surface area contributed by atoms with Crippen molar-refractivity contribution in [3.63, 3.8) is 0 Å². The second-order valence-corrected chi connectivity index (χ2v) is 5.17. The monoisotopic (exact) mass is 259 g/mol. The van der Waals surface area contributed by atoms with Crippen LogP contribution in [-0.4, -0.2) is 12.1 Å². The largest absolute Gasteiger partial charge is 0.273 e. The lowest BCUT2D eigenvalue weighted by molar-refractivity contribution is -0.117. The average Bonchev–Trinajstić information content (AvgIpc) is 2.92. The number of benzene rings is 2. The van der Waals surface area contributed by atoms with E-state index in [-0.39, 0.29) is 5.91 Å². The highest BCUT2D eigenvalue weighted by Crippen LogP contribution is 2.14.